The Hall–Kier alpha value is -3.93. The Morgan fingerprint density at radius 1 is 1.21 bits per heavy atom. The number of tetrazole rings is 1. The first kappa shape index (κ1) is 20.7. The van der Waals surface area contributed by atoms with Gasteiger partial charge in [0.25, 0.3) is 0 Å². The lowest BCUT2D eigenvalue weighted by Gasteiger charge is -2.33. The normalized spacial score (nSPS) is 20.0. The number of halogens is 2. The van der Waals surface area contributed by atoms with Crippen LogP contribution in [-0.4, -0.2) is 61.8 Å². The van der Waals surface area contributed by atoms with Gasteiger partial charge in [-0.3, -0.25) is 9.48 Å². The molecule has 0 saturated carbocycles. The van der Waals surface area contributed by atoms with Crippen LogP contribution in [0.4, 0.5) is 4.39 Å². The van der Waals surface area contributed by atoms with Crippen LogP contribution in [0.2, 0.25) is 5.02 Å². The summed E-state index contributed by atoms with van der Waals surface area (Å²) < 4.78 is 18.2. The van der Waals surface area contributed by atoms with Crippen LogP contribution in [0.25, 0.3) is 22.8 Å². The van der Waals surface area contributed by atoms with Crippen molar-refractivity contribution >= 4 is 23.1 Å². The Kier molecular flexibility index (Phi) is 4.76. The molecule has 4 aromatic rings. The van der Waals surface area contributed by atoms with Crippen molar-refractivity contribution < 1.29 is 9.18 Å². The lowest BCUT2D eigenvalue weighted by atomic mass is 9.92. The molecule has 0 bridgehead atoms. The summed E-state index contributed by atoms with van der Waals surface area (Å²) in [5.41, 5.74) is 1.91. The average Bonchev–Trinajstić information content (AvgIpc) is 3.61. The van der Waals surface area contributed by atoms with E-state index >= 15 is 4.39 Å². The molecule has 2 aliphatic heterocycles. The molecule has 2 aliphatic rings. The fraction of sp³-hybridized carbons (Fsp3) is 0.286. The number of H-pyrrole nitrogens is 1. The van der Waals surface area contributed by atoms with E-state index in [1.807, 2.05) is 4.90 Å². The van der Waals surface area contributed by atoms with Crippen LogP contribution in [0.3, 0.4) is 0 Å². The third kappa shape index (κ3) is 3.29. The Labute approximate surface area is 197 Å². The van der Waals surface area contributed by atoms with Gasteiger partial charge in [-0.05, 0) is 47.4 Å². The number of aromatic nitrogens is 9. The number of hydrogen-bond donors (Lipinski definition) is 1. The van der Waals surface area contributed by atoms with Crippen molar-refractivity contribution in [2.24, 2.45) is 7.05 Å². The molecule has 0 radical (unpaired) electrons. The van der Waals surface area contributed by atoms with Crippen LogP contribution in [0.15, 0.2) is 37.1 Å². The minimum absolute atomic E-state index is 0.0295. The largest absolute Gasteiger partial charge is 0.338 e. The lowest BCUT2D eigenvalue weighted by Crippen LogP contribution is -2.39. The van der Waals surface area contributed by atoms with Crippen molar-refractivity contribution in [3.63, 3.8) is 0 Å². The Bertz CT molecular complexity index is 1430. The lowest BCUT2D eigenvalue weighted by molar-refractivity contribution is -0.129. The van der Waals surface area contributed by atoms with Crippen molar-refractivity contribution in [1.29, 1.82) is 0 Å². The number of amides is 1. The van der Waals surface area contributed by atoms with Crippen LogP contribution >= 0.6 is 11.6 Å². The van der Waals surface area contributed by atoms with Gasteiger partial charge in [0.2, 0.25) is 5.91 Å². The number of imidazole rings is 1. The van der Waals surface area contributed by atoms with E-state index in [4.69, 9.17) is 11.6 Å². The van der Waals surface area contributed by atoms with E-state index in [-0.39, 0.29) is 28.6 Å². The van der Waals surface area contributed by atoms with Crippen LogP contribution in [0.5, 0.6) is 0 Å². The summed E-state index contributed by atoms with van der Waals surface area (Å²) in [5, 5.41) is 15.4. The molecule has 2 atom stereocenters. The van der Waals surface area contributed by atoms with E-state index in [0.717, 1.165) is 12.8 Å². The van der Waals surface area contributed by atoms with Gasteiger partial charge < -0.3 is 9.88 Å². The molecule has 1 unspecified atom stereocenters. The van der Waals surface area contributed by atoms with Gasteiger partial charge in [-0.25, -0.2) is 14.4 Å². The second-order valence-electron chi connectivity index (χ2n) is 8.30. The van der Waals surface area contributed by atoms with Crippen molar-refractivity contribution in [2.75, 3.05) is 0 Å². The Balaban J connectivity index is 1.34. The van der Waals surface area contributed by atoms with Gasteiger partial charge in [0, 0.05) is 24.7 Å². The Morgan fingerprint density at radius 3 is 2.85 bits per heavy atom. The second kappa shape index (κ2) is 7.83. The fourth-order valence-electron chi connectivity index (χ4n) is 4.79. The maximum atomic E-state index is 15.2. The summed E-state index contributed by atoms with van der Waals surface area (Å²) in [7, 11) is 1.79. The third-order valence-corrected chi connectivity index (χ3v) is 6.54. The standard InChI is InChI=1S/C21H18ClFN10O/c1-31-9-25-20(28-31)14-8-24-21(27-14)16-4-2-12-6-11(7-17(34)33(12)16)18-15(32-10-26-29-30-32)5-3-13(22)19(18)23/h3,5,7-10,12,16H,2,4,6H2,1H3,(H,24,27)/t12?,16-/m0/s1. The van der Waals surface area contributed by atoms with Gasteiger partial charge in [-0.1, -0.05) is 11.6 Å². The van der Waals surface area contributed by atoms with E-state index in [1.54, 1.807) is 30.3 Å². The summed E-state index contributed by atoms with van der Waals surface area (Å²) in [5.74, 6) is 0.410. The van der Waals surface area contributed by atoms with Gasteiger partial charge in [-0.15, -0.1) is 10.2 Å². The number of benzene rings is 1. The molecule has 0 spiro atoms. The first-order chi connectivity index (χ1) is 16.5. The number of carbonyl (C=O) groups is 1. The summed E-state index contributed by atoms with van der Waals surface area (Å²) in [6, 6.07) is 2.78. The fourth-order valence-corrected chi connectivity index (χ4v) is 4.94. The zero-order valence-electron chi connectivity index (χ0n) is 17.9. The van der Waals surface area contributed by atoms with Crippen LogP contribution in [-0.2, 0) is 11.8 Å². The van der Waals surface area contributed by atoms with Gasteiger partial charge in [0.15, 0.2) is 11.6 Å². The van der Waals surface area contributed by atoms with Crippen molar-refractivity contribution in [3.8, 4) is 17.2 Å². The summed E-state index contributed by atoms with van der Waals surface area (Å²) in [6.07, 6.45) is 8.10. The van der Waals surface area contributed by atoms with Crippen LogP contribution in [0.1, 0.15) is 36.7 Å². The third-order valence-electron chi connectivity index (χ3n) is 6.25. The first-order valence-electron chi connectivity index (χ1n) is 10.6. The highest BCUT2D eigenvalue weighted by molar-refractivity contribution is 6.31. The molecule has 34 heavy (non-hydrogen) atoms. The molecular weight excluding hydrogens is 463 g/mol. The number of carbonyl (C=O) groups excluding carboxylic acids is 1. The van der Waals surface area contributed by atoms with Crippen molar-refractivity contribution in [2.45, 2.75) is 31.3 Å². The molecule has 1 N–H and O–H groups in total. The first-order valence-corrected chi connectivity index (χ1v) is 11.0. The summed E-state index contributed by atoms with van der Waals surface area (Å²) in [6.45, 7) is 0. The number of aromatic amines is 1. The zero-order valence-corrected chi connectivity index (χ0v) is 18.7. The molecule has 1 amide bonds. The monoisotopic (exact) mass is 480 g/mol. The van der Waals surface area contributed by atoms with Crippen molar-refractivity contribution in [1.82, 2.24) is 49.8 Å². The SMILES string of the molecule is Cn1cnc(-c2cnc([C@@H]3CCC4CC(c5c(-n6cnnn6)ccc(Cl)c5F)=CC(=O)N43)[nH]2)n1. The highest BCUT2D eigenvalue weighted by Crippen LogP contribution is 2.44. The second-order valence-corrected chi connectivity index (χ2v) is 8.71. The van der Waals surface area contributed by atoms with Crippen LogP contribution in [0, 0.1) is 5.82 Å². The minimum Gasteiger partial charge on any atom is -0.338 e. The highest BCUT2D eigenvalue weighted by atomic mass is 35.5. The molecule has 3 aromatic heterocycles. The maximum absolute atomic E-state index is 15.2. The average molecular weight is 481 g/mol. The highest BCUT2D eigenvalue weighted by Gasteiger charge is 2.42. The van der Waals surface area contributed by atoms with Crippen LogP contribution < -0.4 is 0 Å². The van der Waals surface area contributed by atoms with Gasteiger partial charge in [0.05, 0.1) is 22.9 Å². The van der Waals surface area contributed by atoms with Gasteiger partial charge in [-0.2, -0.15) is 4.68 Å². The molecule has 5 heterocycles. The van der Waals surface area contributed by atoms with Gasteiger partial charge >= 0.3 is 0 Å². The molecule has 172 valence electrons. The molecule has 6 rings (SSSR count). The molecular formula is C21H18ClFN10O. The molecule has 1 fully saturated rings. The predicted octanol–water partition coefficient (Wildman–Crippen LogP) is 2.49. The van der Waals surface area contributed by atoms with E-state index in [0.29, 0.717) is 35.0 Å². The Morgan fingerprint density at radius 2 is 2.09 bits per heavy atom. The van der Waals surface area contributed by atoms with E-state index in [9.17, 15) is 4.79 Å². The summed E-state index contributed by atoms with van der Waals surface area (Å²) in [4.78, 5) is 27.1. The number of nitrogens with zero attached hydrogens (tertiary/aromatic N) is 9. The maximum Gasteiger partial charge on any atom is 0.247 e. The number of hydrogen-bond acceptors (Lipinski definition) is 7. The van der Waals surface area contributed by atoms with E-state index in [1.165, 1.54) is 23.2 Å². The molecule has 1 saturated heterocycles. The molecule has 1 aromatic carbocycles. The smallest absolute Gasteiger partial charge is 0.247 e. The minimum atomic E-state index is -0.602. The number of nitrogens with one attached hydrogen (secondary N) is 1. The van der Waals surface area contributed by atoms with Gasteiger partial charge in [0.1, 0.15) is 24.2 Å². The summed E-state index contributed by atoms with van der Waals surface area (Å²) >= 11 is 6.09. The van der Waals surface area contributed by atoms with E-state index < -0.39 is 5.82 Å². The molecule has 11 nitrogen and oxygen atoms in total. The number of fused-ring (bicyclic) bond motifs is 1. The number of rotatable bonds is 4. The van der Waals surface area contributed by atoms with Crippen molar-refractivity contribution in [3.05, 3.63) is 59.3 Å². The van der Waals surface area contributed by atoms with E-state index in [2.05, 4.69) is 35.6 Å². The topological polar surface area (TPSA) is 123 Å². The zero-order chi connectivity index (χ0) is 23.4. The molecule has 0 aliphatic carbocycles. The number of aryl methyl sites for hydroxylation is 1. The quantitative estimate of drug-likeness (QED) is 0.476. The molecule has 13 heteroatoms. The predicted molar refractivity (Wildman–Crippen MR) is 118 cm³/mol.